The van der Waals surface area contributed by atoms with Crippen LogP contribution in [0.15, 0.2) is 29.1 Å². The van der Waals surface area contributed by atoms with E-state index >= 15 is 0 Å². The lowest BCUT2D eigenvalue weighted by Crippen LogP contribution is -2.35. The van der Waals surface area contributed by atoms with Gasteiger partial charge in [0.25, 0.3) is 0 Å². The van der Waals surface area contributed by atoms with Crippen molar-refractivity contribution in [1.29, 1.82) is 0 Å². The summed E-state index contributed by atoms with van der Waals surface area (Å²) in [5.41, 5.74) is 1.44. The molecule has 1 aliphatic rings. The maximum atomic E-state index is 12.7. The zero-order valence-corrected chi connectivity index (χ0v) is 14.2. The normalized spacial score (nSPS) is 18.2. The van der Waals surface area contributed by atoms with Gasteiger partial charge >= 0.3 is 5.69 Å². The maximum Gasteiger partial charge on any atom is 0.330 e. The van der Waals surface area contributed by atoms with E-state index in [9.17, 15) is 14.4 Å². The molecule has 0 amide bonds. The van der Waals surface area contributed by atoms with Crippen molar-refractivity contribution in [3.63, 3.8) is 0 Å². The van der Waals surface area contributed by atoms with Gasteiger partial charge in [-0.15, -0.1) is 0 Å². The predicted molar refractivity (Wildman–Crippen MR) is 90.8 cm³/mol. The van der Waals surface area contributed by atoms with Crippen LogP contribution in [0.25, 0.3) is 11.0 Å². The van der Waals surface area contributed by atoms with Gasteiger partial charge < -0.3 is 0 Å². The van der Waals surface area contributed by atoms with E-state index in [0.29, 0.717) is 12.8 Å². The highest BCUT2D eigenvalue weighted by molar-refractivity contribution is 6.03. The van der Waals surface area contributed by atoms with Crippen LogP contribution >= 0.6 is 0 Å². The number of carbonyl (C=O) groups is 2. The summed E-state index contributed by atoms with van der Waals surface area (Å²) >= 11 is 0. The monoisotopic (exact) mass is 316 g/mol. The molecule has 0 spiro atoms. The third-order valence-corrected chi connectivity index (χ3v) is 4.08. The summed E-state index contributed by atoms with van der Waals surface area (Å²) < 4.78 is 3.28. The Morgan fingerprint density at radius 1 is 1.04 bits per heavy atom. The van der Waals surface area contributed by atoms with Gasteiger partial charge in [0.05, 0.1) is 23.5 Å². The molecule has 0 radical (unpaired) electrons. The van der Waals surface area contributed by atoms with E-state index in [4.69, 9.17) is 0 Å². The van der Waals surface area contributed by atoms with Gasteiger partial charge in [0.2, 0.25) is 0 Å². The Hall–Kier alpha value is -2.17. The van der Waals surface area contributed by atoms with E-state index in [0.717, 1.165) is 11.0 Å². The lowest BCUT2D eigenvalue weighted by atomic mass is 9.93. The Kier molecular flexibility index (Phi) is 5.19. The van der Waals surface area contributed by atoms with Crippen LogP contribution in [0.4, 0.5) is 0 Å². The molecule has 1 aromatic carbocycles. The second kappa shape index (κ2) is 6.94. The molecule has 3 rings (SSSR count). The summed E-state index contributed by atoms with van der Waals surface area (Å²) in [5.74, 6) is -0.183. The van der Waals surface area contributed by atoms with Gasteiger partial charge in [-0.1, -0.05) is 26.0 Å². The first kappa shape index (κ1) is 17.2. The Bertz CT molecular complexity index is 783. The molecule has 1 aliphatic carbocycles. The first-order valence-electron chi connectivity index (χ1n) is 8.26. The quantitative estimate of drug-likeness (QED) is 0.799. The predicted octanol–water partition coefficient (Wildman–Crippen LogP) is 3.27. The number of aromatic nitrogens is 2. The van der Waals surface area contributed by atoms with Crippen molar-refractivity contribution in [2.75, 3.05) is 0 Å². The summed E-state index contributed by atoms with van der Waals surface area (Å²) in [4.78, 5) is 36.3. The first-order valence-corrected chi connectivity index (χ1v) is 8.26. The highest BCUT2D eigenvalue weighted by atomic mass is 16.2. The Morgan fingerprint density at radius 3 is 2.22 bits per heavy atom. The van der Waals surface area contributed by atoms with Gasteiger partial charge in [-0.05, 0) is 32.4 Å². The molecule has 2 aromatic rings. The number of nitrogens with zero attached hydrogens (tertiary/aromatic N) is 2. The van der Waals surface area contributed by atoms with Crippen molar-refractivity contribution in [3.05, 3.63) is 34.7 Å². The van der Waals surface area contributed by atoms with E-state index in [1.807, 2.05) is 52.0 Å². The van der Waals surface area contributed by atoms with Crippen LogP contribution in [-0.2, 0) is 9.59 Å². The molecule has 1 atom stereocenters. The van der Waals surface area contributed by atoms with Crippen molar-refractivity contribution < 1.29 is 9.59 Å². The molecule has 0 N–H and O–H groups in total. The third-order valence-electron chi connectivity index (χ3n) is 4.08. The topological polar surface area (TPSA) is 61.1 Å². The fourth-order valence-corrected chi connectivity index (χ4v) is 3.13. The van der Waals surface area contributed by atoms with Crippen LogP contribution in [-0.4, -0.2) is 20.7 Å². The number of hydrogen-bond acceptors (Lipinski definition) is 3. The van der Waals surface area contributed by atoms with Gasteiger partial charge in [0.15, 0.2) is 5.78 Å². The van der Waals surface area contributed by atoms with E-state index in [2.05, 4.69) is 0 Å². The number of benzene rings is 1. The van der Waals surface area contributed by atoms with Crippen molar-refractivity contribution in [2.24, 2.45) is 0 Å². The largest absolute Gasteiger partial charge is 0.330 e. The zero-order chi connectivity index (χ0) is 17.1. The number of fused-ring (bicyclic) bond motifs is 1. The maximum absolute atomic E-state index is 12.7. The fraction of sp³-hybridized carbons (Fsp3) is 0.500. The minimum absolute atomic E-state index is 0.0176. The van der Waals surface area contributed by atoms with E-state index in [1.165, 1.54) is 0 Å². The zero-order valence-electron chi connectivity index (χ0n) is 14.2. The minimum Gasteiger partial charge on any atom is -0.299 e. The van der Waals surface area contributed by atoms with E-state index < -0.39 is 6.04 Å². The summed E-state index contributed by atoms with van der Waals surface area (Å²) in [5, 5.41) is 0. The number of para-hydroxylation sites is 2. The average molecular weight is 316 g/mol. The van der Waals surface area contributed by atoms with Crippen LogP contribution in [0.1, 0.15) is 59.0 Å². The molecule has 0 saturated heterocycles. The SMILES string of the molecule is CC.CC(C)n1c(=O)n(C2CCC(=O)CC2=O)c2ccccc21. The van der Waals surface area contributed by atoms with E-state index in [-0.39, 0.29) is 29.7 Å². The van der Waals surface area contributed by atoms with Crippen LogP contribution < -0.4 is 5.69 Å². The molecular formula is C18H24N2O3. The number of Topliss-reactive ketones (excluding diaryl/α,β-unsaturated/α-hetero) is 2. The van der Waals surface area contributed by atoms with Crippen LogP contribution in [0.2, 0.25) is 0 Å². The number of hydrogen-bond donors (Lipinski definition) is 0. The highest BCUT2D eigenvalue weighted by Gasteiger charge is 2.31. The number of carbonyl (C=O) groups excluding carboxylic acids is 2. The average Bonchev–Trinajstić information content (AvgIpc) is 2.82. The lowest BCUT2D eigenvalue weighted by molar-refractivity contribution is -0.132. The molecule has 0 bridgehead atoms. The minimum atomic E-state index is -0.514. The first-order chi connectivity index (χ1) is 11.0. The Morgan fingerprint density at radius 2 is 1.65 bits per heavy atom. The van der Waals surface area contributed by atoms with Gasteiger partial charge in [0.1, 0.15) is 5.78 Å². The fourth-order valence-electron chi connectivity index (χ4n) is 3.13. The Labute approximate surface area is 135 Å². The number of imidazole rings is 1. The van der Waals surface area contributed by atoms with Crippen LogP contribution in [0.3, 0.4) is 0 Å². The second-order valence-electron chi connectivity index (χ2n) is 5.84. The van der Waals surface area contributed by atoms with Gasteiger partial charge in [-0.3, -0.25) is 18.7 Å². The number of rotatable bonds is 2. The molecule has 1 aromatic heterocycles. The molecule has 1 heterocycles. The lowest BCUT2D eigenvalue weighted by Gasteiger charge is -2.21. The Balaban J connectivity index is 0.000000924. The molecule has 23 heavy (non-hydrogen) atoms. The molecular weight excluding hydrogens is 292 g/mol. The highest BCUT2D eigenvalue weighted by Crippen LogP contribution is 2.27. The van der Waals surface area contributed by atoms with Crippen molar-refractivity contribution in [3.8, 4) is 0 Å². The summed E-state index contributed by atoms with van der Waals surface area (Å²) in [6, 6.07) is 7.01. The van der Waals surface area contributed by atoms with Crippen molar-refractivity contribution in [1.82, 2.24) is 9.13 Å². The standard InChI is InChI=1S/C16H18N2O3.C2H6/c1-10(2)17-12-5-3-4-6-13(12)18(16(17)21)14-8-7-11(19)9-15(14)20;1-2/h3-6,10,14H,7-9H2,1-2H3;1-2H3. The van der Waals surface area contributed by atoms with Gasteiger partial charge in [-0.25, -0.2) is 4.79 Å². The van der Waals surface area contributed by atoms with Crippen molar-refractivity contribution in [2.45, 2.75) is 59.0 Å². The molecule has 0 aliphatic heterocycles. The third kappa shape index (κ3) is 3.00. The summed E-state index contributed by atoms with van der Waals surface area (Å²) in [7, 11) is 0. The van der Waals surface area contributed by atoms with Crippen LogP contribution in [0, 0.1) is 0 Å². The van der Waals surface area contributed by atoms with Crippen molar-refractivity contribution >= 4 is 22.6 Å². The summed E-state index contributed by atoms with van der Waals surface area (Å²) in [6.45, 7) is 7.90. The van der Waals surface area contributed by atoms with Gasteiger partial charge in [0, 0.05) is 12.5 Å². The molecule has 1 saturated carbocycles. The smallest absolute Gasteiger partial charge is 0.299 e. The number of ketones is 2. The van der Waals surface area contributed by atoms with Crippen LogP contribution in [0.5, 0.6) is 0 Å². The second-order valence-corrected chi connectivity index (χ2v) is 5.84. The van der Waals surface area contributed by atoms with E-state index in [1.54, 1.807) is 9.13 Å². The molecule has 1 fully saturated rings. The molecule has 5 heteroatoms. The molecule has 5 nitrogen and oxygen atoms in total. The molecule has 124 valence electrons. The van der Waals surface area contributed by atoms with Gasteiger partial charge in [-0.2, -0.15) is 0 Å². The molecule has 1 unspecified atom stereocenters. The summed E-state index contributed by atoms with van der Waals surface area (Å²) in [6.07, 6.45) is 0.728.